The van der Waals surface area contributed by atoms with Gasteiger partial charge in [-0.1, -0.05) is 37.6 Å². The lowest BCUT2D eigenvalue weighted by molar-refractivity contribution is 0.207. The number of halogens is 3. The van der Waals surface area contributed by atoms with Gasteiger partial charge in [0.2, 0.25) is 0 Å². The van der Waals surface area contributed by atoms with Crippen LogP contribution < -0.4 is 5.32 Å². The molecule has 0 spiro atoms. The minimum atomic E-state index is -0.359. The molecule has 142 valence electrons. The summed E-state index contributed by atoms with van der Waals surface area (Å²) in [6.45, 7) is 4.26. The van der Waals surface area contributed by atoms with Crippen molar-refractivity contribution in [2.24, 2.45) is 17.8 Å². The van der Waals surface area contributed by atoms with Gasteiger partial charge < -0.3 is 10.4 Å². The topological polar surface area (TPSA) is 32.3 Å². The van der Waals surface area contributed by atoms with Crippen LogP contribution in [-0.4, -0.2) is 17.8 Å². The molecule has 0 radical (unpaired) electrons. The van der Waals surface area contributed by atoms with E-state index in [0.717, 1.165) is 18.4 Å². The number of benzene rings is 1. The molecule has 1 heterocycles. The molecule has 2 N–H and O–H groups in total. The first-order chi connectivity index (χ1) is 12.4. The smallest absolute Gasteiger partial charge is 0.148 e. The zero-order valence-corrected chi connectivity index (χ0v) is 15.9. The van der Waals surface area contributed by atoms with Gasteiger partial charge in [-0.3, -0.25) is 0 Å². The van der Waals surface area contributed by atoms with E-state index >= 15 is 0 Å². The molecule has 5 heteroatoms. The average molecular weight is 382 g/mol. The predicted octanol–water partition coefficient (Wildman–Crippen LogP) is 5.83. The Morgan fingerprint density at radius 2 is 2.12 bits per heavy atom. The summed E-state index contributed by atoms with van der Waals surface area (Å²) in [7, 11) is 0. The Balaban J connectivity index is 1.93. The van der Waals surface area contributed by atoms with Crippen molar-refractivity contribution >= 4 is 17.3 Å². The molecule has 0 saturated heterocycles. The number of allylic oxidation sites excluding steroid dienone is 3. The zero-order chi connectivity index (χ0) is 18.8. The highest BCUT2D eigenvalue weighted by atomic mass is 35.5. The Labute approximate surface area is 158 Å². The van der Waals surface area contributed by atoms with Crippen molar-refractivity contribution in [3.63, 3.8) is 0 Å². The number of aliphatic hydroxyl groups excluding tert-OH is 1. The van der Waals surface area contributed by atoms with E-state index in [1.807, 2.05) is 19.1 Å². The predicted molar refractivity (Wildman–Crippen MR) is 103 cm³/mol. The van der Waals surface area contributed by atoms with E-state index in [1.54, 1.807) is 6.08 Å². The van der Waals surface area contributed by atoms with Crippen LogP contribution in [0, 0.1) is 23.6 Å². The molecule has 2 nitrogen and oxygen atoms in total. The summed E-state index contributed by atoms with van der Waals surface area (Å²) >= 11 is 6.08. The molecule has 1 aromatic carbocycles. The molecule has 1 aliphatic carbocycles. The van der Waals surface area contributed by atoms with Crippen molar-refractivity contribution in [2.75, 3.05) is 11.9 Å². The first-order valence-corrected chi connectivity index (χ1v) is 9.67. The molecule has 5 atom stereocenters. The molecule has 1 aromatic rings. The molecule has 26 heavy (non-hydrogen) atoms. The van der Waals surface area contributed by atoms with Gasteiger partial charge in [-0.15, -0.1) is 0 Å². The fourth-order valence-electron chi connectivity index (χ4n) is 4.25. The van der Waals surface area contributed by atoms with Crippen molar-refractivity contribution in [3.05, 3.63) is 52.6 Å². The average Bonchev–Trinajstić information content (AvgIpc) is 2.61. The van der Waals surface area contributed by atoms with E-state index in [2.05, 4.69) is 12.2 Å². The minimum Gasteiger partial charge on any atom is -0.396 e. The maximum absolute atomic E-state index is 14.5. The summed E-state index contributed by atoms with van der Waals surface area (Å²) in [6, 6.07) is 3.09. The summed E-state index contributed by atoms with van der Waals surface area (Å²) in [5.41, 5.74) is 1.37. The number of nitrogens with one attached hydrogen (secondary N) is 1. The Hall–Kier alpha value is -1.39. The molecular weight excluding hydrogens is 356 g/mol. The van der Waals surface area contributed by atoms with Crippen LogP contribution in [0.4, 0.5) is 14.5 Å². The number of hydrogen-bond donors (Lipinski definition) is 2. The van der Waals surface area contributed by atoms with Crippen LogP contribution in [0.2, 0.25) is 5.02 Å². The van der Waals surface area contributed by atoms with E-state index in [4.69, 9.17) is 11.6 Å². The molecule has 2 unspecified atom stereocenters. The van der Waals surface area contributed by atoms with E-state index in [9.17, 15) is 13.9 Å². The van der Waals surface area contributed by atoms with Gasteiger partial charge in [-0.05, 0) is 54.4 Å². The summed E-state index contributed by atoms with van der Waals surface area (Å²) in [5, 5.41) is 13.1. The van der Waals surface area contributed by atoms with Crippen LogP contribution in [0.5, 0.6) is 0 Å². The number of hydrogen-bond acceptors (Lipinski definition) is 2. The van der Waals surface area contributed by atoms with Crippen LogP contribution in [0.15, 0.2) is 36.2 Å². The Kier molecular flexibility index (Phi) is 6.03. The van der Waals surface area contributed by atoms with Crippen molar-refractivity contribution in [1.29, 1.82) is 0 Å². The second-order valence-corrected chi connectivity index (χ2v) is 8.14. The molecule has 0 bridgehead atoms. The van der Waals surface area contributed by atoms with Crippen molar-refractivity contribution in [1.82, 2.24) is 0 Å². The quantitative estimate of drug-likeness (QED) is 0.672. The molecule has 0 amide bonds. The fourth-order valence-corrected chi connectivity index (χ4v) is 4.47. The maximum atomic E-state index is 14.5. The van der Waals surface area contributed by atoms with Gasteiger partial charge in [-0.25, -0.2) is 8.78 Å². The van der Waals surface area contributed by atoms with Crippen LogP contribution in [-0.2, 0) is 0 Å². The lowest BCUT2D eigenvalue weighted by Crippen LogP contribution is -2.43. The monoisotopic (exact) mass is 381 g/mol. The van der Waals surface area contributed by atoms with Gasteiger partial charge in [-0.2, -0.15) is 0 Å². The molecule has 3 rings (SSSR count). The summed E-state index contributed by atoms with van der Waals surface area (Å²) in [5.74, 6) is -0.0225. The molecule has 0 saturated carbocycles. The highest BCUT2D eigenvalue weighted by Crippen LogP contribution is 2.46. The number of aliphatic hydroxyl groups is 1. The van der Waals surface area contributed by atoms with Crippen LogP contribution in [0.25, 0.3) is 0 Å². The minimum absolute atomic E-state index is 0.0277. The highest BCUT2D eigenvalue weighted by Gasteiger charge is 2.39. The zero-order valence-electron chi connectivity index (χ0n) is 15.2. The summed E-state index contributed by atoms with van der Waals surface area (Å²) in [4.78, 5) is 0. The van der Waals surface area contributed by atoms with E-state index in [-0.39, 0.29) is 48.0 Å². The molecule has 0 fully saturated rings. The van der Waals surface area contributed by atoms with Gasteiger partial charge in [0.05, 0.1) is 5.69 Å². The van der Waals surface area contributed by atoms with Gasteiger partial charge in [0.15, 0.2) is 0 Å². The lowest BCUT2D eigenvalue weighted by atomic mass is 9.70. The third kappa shape index (κ3) is 3.96. The first kappa shape index (κ1) is 19.4. The third-order valence-electron chi connectivity index (χ3n) is 5.82. The van der Waals surface area contributed by atoms with Crippen LogP contribution >= 0.6 is 11.6 Å². The second-order valence-electron chi connectivity index (χ2n) is 7.71. The molecular formula is C21H26ClF2NO. The van der Waals surface area contributed by atoms with Crippen molar-refractivity contribution in [3.8, 4) is 0 Å². The normalized spacial score (nSPS) is 28.9. The largest absolute Gasteiger partial charge is 0.396 e. The molecule has 1 aliphatic heterocycles. The molecule has 0 aromatic heterocycles. The number of anilines is 1. The van der Waals surface area contributed by atoms with Crippen LogP contribution in [0.1, 0.15) is 44.6 Å². The lowest BCUT2D eigenvalue weighted by Gasteiger charge is -2.43. The van der Waals surface area contributed by atoms with E-state index in [0.29, 0.717) is 17.1 Å². The van der Waals surface area contributed by atoms with Gasteiger partial charge in [0.1, 0.15) is 11.6 Å². The van der Waals surface area contributed by atoms with Gasteiger partial charge in [0.25, 0.3) is 0 Å². The van der Waals surface area contributed by atoms with Gasteiger partial charge >= 0.3 is 0 Å². The number of fused-ring (bicyclic) bond motifs is 1. The highest BCUT2D eigenvalue weighted by molar-refractivity contribution is 6.30. The maximum Gasteiger partial charge on any atom is 0.148 e. The van der Waals surface area contributed by atoms with Crippen molar-refractivity contribution in [2.45, 2.75) is 45.1 Å². The van der Waals surface area contributed by atoms with E-state index in [1.165, 1.54) is 12.1 Å². The summed E-state index contributed by atoms with van der Waals surface area (Å²) < 4.78 is 28.4. The number of rotatable bonds is 5. The SMILES string of the molecule is CC(CO)CC[C@@H]1[C@H](C)c2cc(Cl)cc(F)c2N[C@H]1C1C=CC=C(F)C1. The Morgan fingerprint density at radius 3 is 2.81 bits per heavy atom. The summed E-state index contributed by atoms with van der Waals surface area (Å²) in [6.07, 6.45) is 7.32. The first-order valence-electron chi connectivity index (χ1n) is 9.30. The fraction of sp³-hybridized carbons (Fsp3) is 0.524. The van der Waals surface area contributed by atoms with Crippen LogP contribution in [0.3, 0.4) is 0 Å². The molecule has 2 aliphatic rings. The van der Waals surface area contributed by atoms with Gasteiger partial charge in [0, 0.05) is 30.0 Å². The third-order valence-corrected chi connectivity index (χ3v) is 6.04. The Bertz CT molecular complexity index is 718. The standard InChI is InChI=1S/C21H26ClF2NO/c1-12(11-26)6-7-17-13(2)18-9-15(22)10-19(24)21(18)25-20(17)14-4-3-5-16(23)8-14/h3-5,9-10,12-14,17,20,25-26H,6-8,11H2,1-2H3/t12?,13-,14?,17+,20-/m0/s1. The van der Waals surface area contributed by atoms with E-state index < -0.39 is 0 Å². The second kappa shape index (κ2) is 8.10. The van der Waals surface area contributed by atoms with Crippen molar-refractivity contribution < 1.29 is 13.9 Å². The Morgan fingerprint density at radius 1 is 1.35 bits per heavy atom.